The van der Waals surface area contributed by atoms with Crippen LogP contribution in [0.4, 0.5) is 0 Å². The van der Waals surface area contributed by atoms with Crippen molar-refractivity contribution in [1.82, 2.24) is 4.90 Å². The third-order valence-corrected chi connectivity index (χ3v) is 2.20. The lowest BCUT2D eigenvalue weighted by atomic mass is 10.1. The van der Waals surface area contributed by atoms with Crippen LogP contribution in [0.25, 0.3) is 0 Å². The quantitative estimate of drug-likeness (QED) is 0.603. The molecule has 3 nitrogen and oxygen atoms in total. The maximum absolute atomic E-state index is 10.6. The highest BCUT2D eigenvalue weighted by atomic mass is 16.1. The molecule has 0 heterocycles. The van der Waals surface area contributed by atoms with Gasteiger partial charge < -0.3 is 10.6 Å². The molecule has 0 radical (unpaired) electrons. The summed E-state index contributed by atoms with van der Waals surface area (Å²) in [6.45, 7) is 11.0. The molecule has 0 fully saturated rings. The van der Waals surface area contributed by atoms with Gasteiger partial charge in [0, 0.05) is 5.57 Å². The van der Waals surface area contributed by atoms with Crippen LogP contribution in [0.2, 0.25) is 0 Å². The predicted octanol–water partition coefficient (Wildman–Crippen LogP) is 1.15. The molecule has 0 aromatic carbocycles. The maximum atomic E-state index is 10.6. The van der Waals surface area contributed by atoms with Crippen molar-refractivity contribution >= 4 is 5.91 Å². The summed E-state index contributed by atoms with van der Waals surface area (Å²) in [6.07, 6.45) is 1.68. The lowest BCUT2D eigenvalue weighted by molar-refractivity contribution is -0.114. The Labute approximate surface area is 80.6 Å². The fourth-order valence-electron chi connectivity index (χ4n) is 1.18. The number of hydrogen-bond acceptors (Lipinski definition) is 2. The number of amides is 1. The van der Waals surface area contributed by atoms with Crippen LogP contribution in [-0.4, -0.2) is 30.4 Å². The second-order valence-corrected chi connectivity index (χ2v) is 3.10. The summed E-state index contributed by atoms with van der Waals surface area (Å²) in [5.74, 6) is -0.375. The van der Waals surface area contributed by atoms with Crippen LogP contribution < -0.4 is 5.73 Å². The van der Waals surface area contributed by atoms with E-state index in [1.807, 2.05) is 0 Å². The maximum Gasteiger partial charge on any atom is 0.244 e. The van der Waals surface area contributed by atoms with Gasteiger partial charge in [0.1, 0.15) is 0 Å². The van der Waals surface area contributed by atoms with E-state index in [0.717, 1.165) is 26.1 Å². The highest BCUT2D eigenvalue weighted by Crippen LogP contribution is 2.02. The molecule has 2 N–H and O–H groups in total. The number of carbonyl (C=O) groups excluding carboxylic acids is 1. The number of rotatable bonds is 7. The molecule has 0 aromatic rings. The number of nitrogens with zero attached hydrogens (tertiary/aromatic N) is 1. The minimum Gasteiger partial charge on any atom is -0.366 e. The first kappa shape index (κ1) is 12.2. The van der Waals surface area contributed by atoms with E-state index in [4.69, 9.17) is 5.73 Å². The van der Waals surface area contributed by atoms with Gasteiger partial charge >= 0.3 is 0 Å². The van der Waals surface area contributed by atoms with E-state index in [-0.39, 0.29) is 5.91 Å². The van der Waals surface area contributed by atoms with Crippen molar-refractivity contribution in [2.75, 3.05) is 19.6 Å². The average molecular weight is 184 g/mol. The summed E-state index contributed by atoms with van der Waals surface area (Å²) in [5, 5.41) is 0. The summed E-state index contributed by atoms with van der Waals surface area (Å²) < 4.78 is 0. The summed E-state index contributed by atoms with van der Waals surface area (Å²) >= 11 is 0. The third-order valence-electron chi connectivity index (χ3n) is 2.20. The molecule has 76 valence electrons. The molecule has 0 aromatic heterocycles. The van der Waals surface area contributed by atoms with E-state index >= 15 is 0 Å². The number of carbonyl (C=O) groups is 1. The lowest BCUT2D eigenvalue weighted by Crippen LogP contribution is -2.24. The Morgan fingerprint density at radius 2 is 1.92 bits per heavy atom. The van der Waals surface area contributed by atoms with Gasteiger partial charge in [0.15, 0.2) is 0 Å². The molecule has 0 aliphatic heterocycles. The van der Waals surface area contributed by atoms with Crippen LogP contribution in [-0.2, 0) is 4.79 Å². The van der Waals surface area contributed by atoms with Gasteiger partial charge in [0.05, 0.1) is 0 Å². The van der Waals surface area contributed by atoms with Crippen molar-refractivity contribution in [3.63, 3.8) is 0 Å². The predicted molar refractivity (Wildman–Crippen MR) is 55.4 cm³/mol. The lowest BCUT2D eigenvalue weighted by Gasteiger charge is -2.17. The van der Waals surface area contributed by atoms with Crippen LogP contribution in [0.15, 0.2) is 12.2 Å². The largest absolute Gasteiger partial charge is 0.366 e. The molecule has 0 bridgehead atoms. The van der Waals surface area contributed by atoms with Crippen LogP contribution in [0.1, 0.15) is 26.7 Å². The highest BCUT2D eigenvalue weighted by Gasteiger charge is 2.03. The smallest absolute Gasteiger partial charge is 0.244 e. The monoisotopic (exact) mass is 184 g/mol. The first-order valence-electron chi connectivity index (χ1n) is 4.81. The van der Waals surface area contributed by atoms with Crippen molar-refractivity contribution in [1.29, 1.82) is 0 Å². The Morgan fingerprint density at radius 1 is 1.38 bits per heavy atom. The van der Waals surface area contributed by atoms with Crippen LogP contribution >= 0.6 is 0 Å². The molecule has 0 atom stereocenters. The Balaban J connectivity index is 3.54. The standard InChI is InChI=1S/C10H20N2O/c1-4-12(5-2)8-6-7-9(3)10(11)13/h3-8H2,1-2H3,(H2,11,13). The molecule has 0 spiro atoms. The Bertz CT molecular complexity index is 174. The number of nitrogens with two attached hydrogens (primary N) is 1. The van der Waals surface area contributed by atoms with Crippen LogP contribution in [0, 0.1) is 0 Å². The normalized spacial score (nSPS) is 10.4. The van der Waals surface area contributed by atoms with Gasteiger partial charge in [-0.1, -0.05) is 20.4 Å². The molecule has 0 rings (SSSR count). The van der Waals surface area contributed by atoms with Gasteiger partial charge in [-0.15, -0.1) is 0 Å². The fraction of sp³-hybridized carbons (Fsp3) is 0.700. The summed E-state index contributed by atoms with van der Waals surface area (Å²) in [7, 11) is 0. The van der Waals surface area contributed by atoms with Crippen molar-refractivity contribution in [2.45, 2.75) is 26.7 Å². The molecule has 0 unspecified atom stereocenters. The first-order valence-corrected chi connectivity index (χ1v) is 4.81. The summed E-state index contributed by atoms with van der Waals surface area (Å²) in [6, 6.07) is 0. The Hall–Kier alpha value is -0.830. The van der Waals surface area contributed by atoms with Crippen LogP contribution in [0.3, 0.4) is 0 Å². The fourth-order valence-corrected chi connectivity index (χ4v) is 1.18. The van der Waals surface area contributed by atoms with Crippen molar-refractivity contribution in [2.24, 2.45) is 5.73 Å². The highest BCUT2D eigenvalue weighted by molar-refractivity contribution is 5.91. The van der Waals surface area contributed by atoms with Crippen molar-refractivity contribution in [3.05, 3.63) is 12.2 Å². The molecule has 0 saturated carbocycles. The van der Waals surface area contributed by atoms with Gasteiger partial charge in [0.25, 0.3) is 0 Å². The molecule has 1 amide bonds. The zero-order valence-corrected chi connectivity index (χ0v) is 8.68. The zero-order chi connectivity index (χ0) is 10.3. The van der Waals surface area contributed by atoms with E-state index in [2.05, 4.69) is 25.3 Å². The van der Waals surface area contributed by atoms with E-state index in [0.29, 0.717) is 12.0 Å². The minimum absolute atomic E-state index is 0.375. The summed E-state index contributed by atoms with van der Waals surface area (Å²) in [4.78, 5) is 12.9. The molecule has 0 aliphatic rings. The van der Waals surface area contributed by atoms with Gasteiger partial charge in [-0.25, -0.2) is 0 Å². The van der Waals surface area contributed by atoms with E-state index in [1.165, 1.54) is 0 Å². The second-order valence-electron chi connectivity index (χ2n) is 3.10. The molecular weight excluding hydrogens is 164 g/mol. The zero-order valence-electron chi connectivity index (χ0n) is 8.68. The van der Waals surface area contributed by atoms with Gasteiger partial charge in [-0.05, 0) is 32.5 Å². The average Bonchev–Trinajstić information content (AvgIpc) is 2.12. The molecule has 3 heteroatoms. The topological polar surface area (TPSA) is 46.3 Å². The number of primary amides is 1. The van der Waals surface area contributed by atoms with Gasteiger partial charge in [-0.3, -0.25) is 4.79 Å². The second kappa shape index (κ2) is 6.66. The molecule has 0 saturated heterocycles. The molecular formula is C10H20N2O. The van der Waals surface area contributed by atoms with E-state index in [9.17, 15) is 4.79 Å². The number of hydrogen-bond donors (Lipinski definition) is 1. The third kappa shape index (κ3) is 5.42. The minimum atomic E-state index is -0.375. The van der Waals surface area contributed by atoms with Gasteiger partial charge in [0.2, 0.25) is 5.91 Å². The Kier molecular flexibility index (Phi) is 6.24. The van der Waals surface area contributed by atoms with Gasteiger partial charge in [-0.2, -0.15) is 0 Å². The SMILES string of the molecule is C=C(CCCN(CC)CC)C(N)=O. The van der Waals surface area contributed by atoms with Crippen molar-refractivity contribution in [3.8, 4) is 0 Å². The van der Waals surface area contributed by atoms with Crippen LogP contribution in [0.5, 0.6) is 0 Å². The molecule has 13 heavy (non-hydrogen) atoms. The van der Waals surface area contributed by atoms with Crippen molar-refractivity contribution < 1.29 is 4.79 Å². The Morgan fingerprint density at radius 3 is 2.31 bits per heavy atom. The summed E-state index contributed by atoms with van der Waals surface area (Å²) in [5.41, 5.74) is 5.60. The van der Waals surface area contributed by atoms with E-state index < -0.39 is 0 Å². The molecule has 0 aliphatic carbocycles. The van der Waals surface area contributed by atoms with E-state index in [1.54, 1.807) is 0 Å². The first-order chi connectivity index (χ1) is 6.11.